The maximum absolute atomic E-state index is 11.9. The normalized spacial score (nSPS) is 21.3. The summed E-state index contributed by atoms with van der Waals surface area (Å²) in [5.41, 5.74) is 8.06. The molecular weight excluding hydrogens is 356 g/mol. The Labute approximate surface area is 158 Å². The van der Waals surface area contributed by atoms with Gasteiger partial charge in [-0.15, -0.1) is 0 Å². The molecule has 5 N–H and O–H groups in total. The zero-order chi connectivity index (χ0) is 18.8. The Hall–Kier alpha value is -1.34. The first-order chi connectivity index (χ1) is 12.4. The number of phenolic OH excluding ortho intramolecular Hbond substituents is 1. The molecule has 1 aliphatic heterocycles. The Morgan fingerprint density at radius 3 is 2.46 bits per heavy atom. The lowest BCUT2D eigenvalue weighted by atomic mass is 9.78. The number of nitrogens with zero attached hydrogens (tertiary/aromatic N) is 1. The van der Waals surface area contributed by atoms with Gasteiger partial charge in [0, 0.05) is 29.7 Å². The molecule has 0 bridgehead atoms. The van der Waals surface area contributed by atoms with E-state index in [0.717, 1.165) is 18.4 Å². The van der Waals surface area contributed by atoms with Gasteiger partial charge in [-0.3, -0.25) is 4.79 Å². The van der Waals surface area contributed by atoms with Crippen molar-refractivity contribution >= 4 is 17.5 Å². The van der Waals surface area contributed by atoms with E-state index in [2.05, 4.69) is 0 Å². The zero-order valence-electron chi connectivity index (χ0n) is 14.8. The molecule has 144 valence electrons. The molecule has 1 aliphatic carbocycles. The summed E-state index contributed by atoms with van der Waals surface area (Å²) in [6.45, 7) is 0.379. The lowest BCUT2D eigenvalue weighted by molar-refractivity contribution is -0.143. The van der Waals surface area contributed by atoms with Gasteiger partial charge in [0.2, 0.25) is 0 Å². The number of aliphatic hydroxyl groups is 2. The quantitative estimate of drug-likeness (QED) is 0.622. The number of halogens is 1. The topological polar surface area (TPSA) is 107 Å². The molecule has 3 rings (SSSR count). The fourth-order valence-corrected chi connectivity index (χ4v) is 4.24. The van der Waals surface area contributed by atoms with Gasteiger partial charge in [0.05, 0.1) is 6.61 Å². The van der Waals surface area contributed by atoms with Gasteiger partial charge in [0.15, 0.2) is 6.10 Å². The number of likely N-dealkylation sites (tertiary alicyclic amines) is 1. The summed E-state index contributed by atoms with van der Waals surface area (Å²) in [6.07, 6.45) is 3.40. The van der Waals surface area contributed by atoms with Crippen LogP contribution < -0.4 is 5.73 Å². The van der Waals surface area contributed by atoms with Crippen molar-refractivity contribution in [1.82, 2.24) is 4.90 Å². The van der Waals surface area contributed by atoms with Crippen LogP contribution in [0.5, 0.6) is 5.75 Å². The van der Waals surface area contributed by atoms with Crippen molar-refractivity contribution in [1.29, 1.82) is 0 Å². The Morgan fingerprint density at radius 1 is 1.27 bits per heavy atom. The molecule has 2 aliphatic rings. The predicted octanol–water partition coefficient (Wildman–Crippen LogP) is 1.90. The minimum atomic E-state index is -1.36. The monoisotopic (exact) mass is 382 g/mol. The summed E-state index contributed by atoms with van der Waals surface area (Å²) >= 11 is 6.44. The number of nitrogens with two attached hydrogens (primary N) is 1. The summed E-state index contributed by atoms with van der Waals surface area (Å²) in [5.74, 6) is 0.293. The standard InChI is InChI=1S/C19H27ClN2O4/c20-15-8-14(16(24)9-13(15)11-2-1-3-11)18(21)12-4-6-22(7-5-12)19(26)17(25)10-23/h8-9,11-12,17-18,23-25H,1-7,10,21H2. The second-order valence-corrected chi connectivity index (χ2v) is 7.85. The molecule has 1 aromatic carbocycles. The number of carbonyl (C=O) groups excluding carboxylic acids is 1. The fraction of sp³-hybridized carbons (Fsp3) is 0.632. The molecule has 2 atom stereocenters. The van der Waals surface area contributed by atoms with Gasteiger partial charge in [-0.2, -0.15) is 0 Å². The van der Waals surface area contributed by atoms with E-state index in [0.29, 0.717) is 42.4 Å². The molecular formula is C19H27ClN2O4. The van der Waals surface area contributed by atoms with Crippen LogP contribution in [0.25, 0.3) is 0 Å². The summed E-state index contributed by atoms with van der Waals surface area (Å²) < 4.78 is 0. The molecule has 1 saturated heterocycles. The van der Waals surface area contributed by atoms with Crippen molar-refractivity contribution in [2.24, 2.45) is 11.7 Å². The minimum Gasteiger partial charge on any atom is -0.508 e. The van der Waals surface area contributed by atoms with Crippen LogP contribution in [-0.4, -0.2) is 51.9 Å². The van der Waals surface area contributed by atoms with Crippen molar-refractivity contribution in [3.63, 3.8) is 0 Å². The number of benzene rings is 1. The summed E-state index contributed by atoms with van der Waals surface area (Å²) in [6, 6.07) is 3.20. The molecule has 26 heavy (non-hydrogen) atoms. The summed E-state index contributed by atoms with van der Waals surface area (Å²) in [5, 5.41) is 29.5. The van der Waals surface area contributed by atoms with Gasteiger partial charge >= 0.3 is 0 Å². The Kier molecular flexibility index (Phi) is 6.07. The fourth-order valence-electron chi connectivity index (χ4n) is 3.91. The maximum Gasteiger partial charge on any atom is 0.253 e. The van der Waals surface area contributed by atoms with E-state index in [-0.39, 0.29) is 17.7 Å². The number of hydrogen-bond donors (Lipinski definition) is 4. The third-order valence-electron chi connectivity index (χ3n) is 5.87. The molecule has 1 saturated carbocycles. The smallest absolute Gasteiger partial charge is 0.253 e. The van der Waals surface area contributed by atoms with Crippen molar-refractivity contribution in [2.45, 2.75) is 50.2 Å². The van der Waals surface area contributed by atoms with E-state index in [1.807, 2.05) is 0 Å². The van der Waals surface area contributed by atoms with Crippen molar-refractivity contribution in [2.75, 3.05) is 19.7 Å². The second kappa shape index (κ2) is 8.13. The van der Waals surface area contributed by atoms with Crippen molar-refractivity contribution in [3.8, 4) is 5.75 Å². The Bertz CT molecular complexity index is 657. The van der Waals surface area contributed by atoms with Gasteiger partial charge in [-0.1, -0.05) is 18.0 Å². The molecule has 2 unspecified atom stereocenters. The highest BCUT2D eigenvalue weighted by atomic mass is 35.5. The van der Waals surface area contributed by atoms with Crippen LogP contribution in [0.3, 0.4) is 0 Å². The van der Waals surface area contributed by atoms with Crippen molar-refractivity contribution in [3.05, 3.63) is 28.3 Å². The average Bonchev–Trinajstić information content (AvgIpc) is 2.61. The predicted molar refractivity (Wildman–Crippen MR) is 99.0 cm³/mol. The molecule has 7 heteroatoms. The van der Waals surface area contributed by atoms with Crippen molar-refractivity contribution < 1.29 is 20.1 Å². The van der Waals surface area contributed by atoms with Crippen LogP contribution in [0.15, 0.2) is 12.1 Å². The number of carbonyl (C=O) groups is 1. The largest absolute Gasteiger partial charge is 0.508 e. The second-order valence-electron chi connectivity index (χ2n) is 7.45. The summed E-state index contributed by atoms with van der Waals surface area (Å²) in [4.78, 5) is 13.5. The SMILES string of the molecule is NC(c1cc(Cl)c(C2CCC2)cc1O)C1CCN(C(=O)C(O)CO)CC1. The van der Waals surface area contributed by atoms with E-state index in [4.69, 9.17) is 22.4 Å². The van der Waals surface area contributed by atoms with Crippen LogP contribution >= 0.6 is 11.6 Å². The lowest BCUT2D eigenvalue weighted by Gasteiger charge is -2.36. The van der Waals surface area contributed by atoms with E-state index in [1.165, 1.54) is 6.42 Å². The summed E-state index contributed by atoms with van der Waals surface area (Å²) in [7, 11) is 0. The van der Waals surface area contributed by atoms with Gasteiger partial charge in [0.25, 0.3) is 5.91 Å². The first-order valence-electron chi connectivity index (χ1n) is 9.28. The zero-order valence-corrected chi connectivity index (χ0v) is 15.5. The number of phenols is 1. The van der Waals surface area contributed by atoms with Crippen LogP contribution in [0.1, 0.15) is 55.2 Å². The van der Waals surface area contributed by atoms with Crippen LogP contribution in [0.2, 0.25) is 5.02 Å². The molecule has 0 spiro atoms. The maximum atomic E-state index is 11.9. The number of piperidine rings is 1. The Morgan fingerprint density at radius 2 is 1.92 bits per heavy atom. The van der Waals surface area contributed by atoms with Gasteiger partial charge in [-0.05, 0) is 55.2 Å². The molecule has 6 nitrogen and oxygen atoms in total. The molecule has 1 heterocycles. The number of aliphatic hydroxyl groups excluding tert-OH is 2. The van der Waals surface area contributed by atoms with Gasteiger partial charge in [-0.25, -0.2) is 0 Å². The van der Waals surface area contributed by atoms with E-state index >= 15 is 0 Å². The highest BCUT2D eigenvalue weighted by molar-refractivity contribution is 6.31. The van der Waals surface area contributed by atoms with Crippen LogP contribution in [0, 0.1) is 5.92 Å². The van der Waals surface area contributed by atoms with Gasteiger partial charge in [0.1, 0.15) is 5.75 Å². The molecule has 0 radical (unpaired) electrons. The van der Waals surface area contributed by atoms with E-state index < -0.39 is 18.6 Å². The number of aromatic hydroxyl groups is 1. The van der Waals surface area contributed by atoms with E-state index in [9.17, 15) is 15.0 Å². The molecule has 1 aromatic rings. The lowest BCUT2D eigenvalue weighted by Crippen LogP contribution is -2.46. The third-order valence-corrected chi connectivity index (χ3v) is 6.19. The minimum absolute atomic E-state index is 0.113. The molecule has 2 fully saturated rings. The van der Waals surface area contributed by atoms with Crippen LogP contribution in [0.4, 0.5) is 0 Å². The number of rotatable bonds is 5. The van der Waals surface area contributed by atoms with Crippen LogP contribution in [-0.2, 0) is 4.79 Å². The highest BCUT2D eigenvalue weighted by Crippen LogP contribution is 2.44. The number of amides is 1. The van der Waals surface area contributed by atoms with E-state index in [1.54, 1.807) is 17.0 Å². The number of hydrogen-bond acceptors (Lipinski definition) is 5. The first kappa shape index (κ1) is 19.4. The third kappa shape index (κ3) is 3.83. The Balaban J connectivity index is 1.66. The first-order valence-corrected chi connectivity index (χ1v) is 9.65. The molecule has 0 aromatic heterocycles. The average molecular weight is 383 g/mol. The molecule has 1 amide bonds. The van der Waals surface area contributed by atoms with Gasteiger partial charge < -0.3 is 26.0 Å². The highest BCUT2D eigenvalue weighted by Gasteiger charge is 2.31.